The van der Waals surface area contributed by atoms with Gasteiger partial charge >= 0.3 is 0 Å². The summed E-state index contributed by atoms with van der Waals surface area (Å²) in [5.41, 5.74) is 3.64. The van der Waals surface area contributed by atoms with Crippen LogP contribution in [0.3, 0.4) is 0 Å². The van der Waals surface area contributed by atoms with Crippen molar-refractivity contribution in [3.8, 4) is 17.2 Å². The molecule has 0 saturated heterocycles. The van der Waals surface area contributed by atoms with E-state index < -0.39 is 5.91 Å². The Bertz CT molecular complexity index is 795. The minimum absolute atomic E-state index is 0.305. The van der Waals surface area contributed by atoms with Crippen LogP contribution >= 0.6 is 11.6 Å². The Labute approximate surface area is 157 Å². The van der Waals surface area contributed by atoms with Crippen molar-refractivity contribution in [1.82, 2.24) is 5.43 Å². The fraction of sp³-hybridized carbons (Fsp3) is 0.158. The van der Waals surface area contributed by atoms with Crippen LogP contribution in [0.4, 0.5) is 0 Å². The molecule has 0 aliphatic heterocycles. The van der Waals surface area contributed by atoms with Gasteiger partial charge in [-0.1, -0.05) is 41.9 Å². The first kappa shape index (κ1) is 19.3. The summed E-state index contributed by atoms with van der Waals surface area (Å²) in [5, 5.41) is 4.24. The summed E-state index contributed by atoms with van der Waals surface area (Å²) < 4.78 is 15.7. The molecule has 0 heterocycles. The highest BCUT2D eigenvalue weighted by molar-refractivity contribution is 6.41. The summed E-state index contributed by atoms with van der Waals surface area (Å²) in [5.74, 6) is 0.722. The molecule has 0 fully saturated rings. The summed E-state index contributed by atoms with van der Waals surface area (Å²) in [6.07, 6.45) is 3.08. The highest BCUT2D eigenvalue weighted by Gasteiger charge is 2.16. The number of benzene rings is 2. The van der Waals surface area contributed by atoms with E-state index in [0.717, 1.165) is 5.56 Å². The van der Waals surface area contributed by atoms with Gasteiger partial charge in [0.05, 0.1) is 32.6 Å². The van der Waals surface area contributed by atoms with Gasteiger partial charge in [0, 0.05) is 5.56 Å². The van der Waals surface area contributed by atoms with Crippen molar-refractivity contribution in [3.05, 3.63) is 58.6 Å². The van der Waals surface area contributed by atoms with Crippen LogP contribution in [0.5, 0.6) is 17.2 Å². The average Bonchev–Trinajstić information content (AvgIpc) is 2.67. The lowest BCUT2D eigenvalue weighted by Gasteiger charge is -2.13. The minimum atomic E-state index is -0.440. The van der Waals surface area contributed by atoms with E-state index in [0.29, 0.717) is 27.8 Å². The number of hydrogen-bond donors (Lipinski definition) is 1. The van der Waals surface area contributed by atoms with Crippen molar-refractivity contribution in [2.45, 2.75) is 0 Å². The molecule has 0 spiro atoms. The highest BCUT2D eigenvalue weighted by Crippen LogP contribution is 2.38. The fourth-order valence-corrected chi connectivity index (χ4v) is 2.35. The van der Waals surface area contributed by atoms with Crippen molar-refractivity contribution in [2.24, 2.45) is 5.10 Å². The number of carbonyl (C=O) groups is 1. The molecule has 0 aliphatic rings. The van der Waals surface area contributed by atoms with Crippen molar-refractivity contribution >= 4 is 29.8 Å². The summed E-state index contributed by atoms with van der Waals surface area (Å²) in [6.45, 7) is 0. The van der Waals surface area contributed by atoms with E-state index in [1.165, 1.54) is 39.7 Å². The van der Waals surface area contributed by atoms with Crippen molar-refractivity contribution in [3.63, 3.8) is 0 Å². The number of rotatable bonds is 7. The number of allylic oxidation sites excluding steroid dienone is 1. The number of ether oxygens (including phenoxy) is 3. The molecule has 1 N–H and O–H groups in total. The first-order chi connectivity index (χ1) is 12.6. The first-order valence-electron chi connectivity index (χ1n) is 7.64. The molecule has 0 bridgehead atoms. The molecule has 136 valence electrons. The van der Waals surface area contributed by atoms with Gasteiger partial charge in [0.2, 0.25) is 5.75 Å². The molecule has 26 heavy (non-hydrogen) atoms. The Morgan fingerprint density at radius 1 is 1.04 bits per heavy atom. The van der Waals surface area contributed by atoms with Gasteiger partial charge in [-0.2, -0.15) is 5.10 Å². The van der Waals surface area contributed by atoms with Gasteiger partial charge in [-0.25, -0.2) is 5.43 Å². The number of hydrogen-bond acceptors (Lipinski definition) is 5. The molecule has 0 unspecified atom stereocenters. The van der Waals surface area contributed by atoms with Crippen LogP contribution in [0, 0.1) is 0 Å². The van der Waals surface area contributed by atoms with Crippen LogP contribution in [0.2, 0.25) is 0 Å². The monoisotopic (exact) mass is 374 g/mol. The van der Waals surface area contributed by atoms with Crippen LogP contribution < -0.4 is 19.6 Å². The minimum Gasteiger partial charge on any atom is -0.493 e. The molecule has 1 amide bonds. The number of nitrogens with zero attached hydrogens (tertiary/aromatic N) is 1. The lowest BCUT2D eigenvalue weighted by molar-refractivity contribution is 0.0954. The van der Waals surface area contributed by atoms with E-state index in [2.05, 4.69) is 10.5 Å². The Morgan fingerprint density at radius 2 is 1.65 bits per heavy atom. The standard InChI is InChI=1S/C19H19ClN2O4/c1-24-16-10-14(11-17(25-2)18(16)26-3)19(23)22-21-12-15(20)9-13-7-5-4-6-8-13/h4-12H,1-3H3,(H,22,23)/b15-9-,21-12-. The van der Waals surface area contributed by atoms with E-state index >= 15 is 0 Å². The topological polar surface area (TPSA) is 69.2 Å². The normalized spacial score (nSPS) is 11.3. The molecule has 2 aromatic rings. The van der Waals surface area contributed by atoms with E-state index in [1.807, 2.05) is 30.3 Å². The second-order valence-corrected chi connectivity index (χ2v) is 5.49. The zero-order chi connectivity index (χ0) is 18.9. The zero-order valence-corrected chi connectivity index (χ0v) is 15.4. The van der Waals surface area contributed by atoms with Gasteiger partial charge in [-0.3, -0.25) is 4.79 Å². The van der Waals surface area contributed by atoms with Crippen molar-refractivity contribution in [2.75, 3.05) is 21.3 Å². The number of methoxy groups -OCH3 is 3. The molecule has 0 atom stereocenters. The van der Waals surface area contributed by atoms with Gasteiger partial charge in [0.1, 0.15) is 0 Å². The number of amides is 1. The van der Waals surface area contributed by atoms with E-state index in [1.54, 1.807) is 6.08 Å². The predicted molar refractivity (Wildman–Crippen MR) is 102 cm³/mol. The second-order valence-electron chi connectivity index (χ2n) is 5.05. The summed E-state index contributed by atoms with van der Waals surface area (Å²) in [7, 11) is 4.45. The molecule has 6 nitrogen and oxygen atoms in total. The van der Waals surface area contributed by atoms with E-state index in [4.69, 9.17) is 25.8 Å². The number of hydrazone groups is 1. The maximum atomic E-state index is 12.3. The lowest BCUT2D eigenvalue weighted by Crippen LogP contribution is -2.17. The van der Waals surface area contributed by atoms with Gasteiger partial charge in [0.25, 0.3) is 5.91 Å². The Kier molecular flexibility index (Phi) is 7.05. The summed E-state index contributed by atoms with van der Waals surface area (Å²) in [4.78, 5) is 12.3. The van der Waals surface area contributed by atoms with Crippen LogP contribution in [0.25, 0.3) is 6.08 Å². The number of nitrogens with one attached hydrogen (secondary N) is 1. The van der Waals surface area contributed by atoms with Crippen LogP contribution in [-0.2, 0) is 0 Å². The first-order valence-corrected chi connectivity index (χ1v) is 8.02. The SMILES string of the molecule is COc1cc(C(=O)N/N=C\C(Cl)=C\c2ccccc2)cc(OC)c1OC. The maximum absolute atomic E-state index is 12.3. The van der Waals surface area contributed by atoms with Crippen molar-refractivity contribution < 1.29 is 19.0 Å². The Hall–Kier alpha value is -2.99. The smallest absolute Gasteiger partial charge is 0.271 e. The Balaban J connectivity index is 2.11. The quantitative estimate of drug-likeness (QED) is 0.592. The fourth-order valence-electron chi connectivity index (χ4n) is 2.18. The molecule has 0 aliphatic carbocycles. The third-order valence-electron chi connectivity index (χ3n) is 3.39. The number of halogens is 1. The predicted octanol–water partition coefficient (Wildman–Crippen LogP) is 3.71. The largest absolute Gasteiger partial charge is 0.493 e. The lowest BCUT2D eigenvalue weighted by atomic mass is 10.1. The molecule has 0 radical (unpaired) electrons. The molecule has 0 aromatic heterocycles. The summed E-state index contributed by atoms with van der Waals surface area (Å²) >= 11 is 6.08. The number of carbonyl (C=O) groups excluding carboxylic acids is 1. The van der Waals surface area contributed by atoms with E-state index in [9.17, 15) is 4.79 Å². The molecular weight excluding hydrogens is 356 g/mol. The molecule has 2 aromatic carbocycles. The summed E-state index contributed by atoms with van der Waals surface area (Å²) in [6, 6.07) is 12.6. The van der Waals surface area contributed by atoms with Crippen LogP contribution in [-0.4, -0.2) is 33.5 Å². The third-order valence-corrected chi connectivity index (χ3v) is 3.59. The molecule has 7 heteroatoms. The average molecular weight is 375 g/mol. The Morgan fingerprint density at radius 3 is 2.19 bits per heavy atom. The van der Waals surface area contributed by atoms with E-state index in [-0.39, 0.29) is 0 Å². The second kappa shape index (κ2) is 9.48. The van der Waals surface area contributed by atoms with Gasteiger partial charge in [-0.05, 0) is 23.8 Å². The highest BCUT2D eigenvalue weighted by atomic mass is 35.5. The van der Waals surface area contributed by atoms with Crippen LogP contribution in [0.1, 0.15) is 15.9 Å². The zero-order valence-electron chi connectivity index (χ0n) is 14.7. The van der Waals surface area contributed by atoms with Gasteiger partial charge in [0.15, 0.2) is 11.5 Å². The van der Waals surface area contributed by atoms with Crippen molar-refractivity contribution in [1.29, 1.82) is 0 Å². The third kappa shape index (κ3) is 5.00. The van der Waals surface area contributed by atoms with Crippen LogP contribution in [0.15, 0.2) is 52.6 Å². The van der Waals surface area contributed by atoms with Gasteiger partial charge in [-0.15, -0.1) is 0 Å². The molecular formula is C19H19ClN2O4. The molecule has 2 rings (SSSR count). The maximum Gasteiger partial charge on any atom is 0.271 e. The molecule has 0 saturated carbocycles. The van der Waals surface area contributed by atoms with Gasteiger partial charge < -0.3 is 14.2 Å².